The molecule has 10 heteroatoms. The van der Waals surface area contributed by atoms with Crippen LogP contribution in [0.2, 0.25) is 5.15 Å². The van der Waals surface area contributed by atoms with Gasteiger partial charge >= 0.3 is 0 Å². The number of aromatic nitrogens is 4. The van der Waals surface area contributed by atoms with Crippen molar-refractivity contribution in [3.8, 4) is 17.6 Å². The summed E-state index contributed by atoms with van der Waals surface area (Å²) in [5.41, 5.74) is 1.77. The van der Waals surface area contributed by atoms with Gasteiger partial charge in [-0.15, -0.1) is 0 Å². The highest BCUT2D eigenvalue weighted by Gasteiger charge is 2.25. The molecule has 4 heterocycles. The lowest BCUT2D eigenvalue weighted by Crippen LogP contribution is -2.45. The first-order chi connectivity index (χ1) is 14.5. The van der Waals surface area contributed by atoms with Gasteiger partial charge < -0.3 is 10.2 Å². The van der Waals surface area contributed by atoms with E-state index in [1.165, 1.54) is 12.3 Å². The minimum Gasteiger partial charge on any atom is -0.365 e. The molecule has 1 N–H and O–H groups in total. The quantitative estimate of drug-likeness (QED) is 0.642. The molecule has 0 aromatic carbocycles. The number of piperidine rings is 1. The summed E-state index contributed by atoms with van der Waals surface area (Å²) in [6.45, 7) is 2.93. The highest BCUT2D eigenvalue weighted by Crippen LogP contribution is 2.27. The number of halogens is 2. The number of nitriles is 1. The number of pyridine rings is 1. The number of amides is 1. The van der Waals surface area contributed by atoms with Crippen LogP contribution in [0.3, 0.4) is 0 Å². The molecule has 154 valence electrons. The van der Waals surface area contributed by atoms with Crippen molar-refractivity contribution in [2.24, 2.45) is 0 Å². The van der Waals surface area contributed by atoms with Crippen molar-refractivity contribution in [1.82, 2.24) is 24.3 Å². The minimum atomic E-state index is -0.400. The number of carbonyl (C=O) groups excluding carboxylic acids is 1. The molecule has 0 radical (unpaired) electrons. The minimum absolute atomic E-state index is 0.0291. The zero-order valence-corrected chi connectivity index (χ0v) is 17.0. The summed E-state index contributed by atoms with van der Waals surface area (Å²) in [5.74, 6) is 0.299. The topological polar surface area (TPSA) is 99.2 Å². The van der Waals surface area contributed by atoms with Gasteiger partial charge in [-0.25, -0.2) is 19.3 Å². The second kappa shape index (κ2) is 8.24. The Bertz CT molecular complexity index is 1160. The number of hydrogen-bond acceptors (Lipinski definition) is 6. The third kappa shape index (κ3) is 3.91. The van der Waals surface area contributed by atoms with Gasteiger partial charge in [0.1, 0.15) is 34.6 Å². The van der Waals surface area contributed by atoms with Gasteiger partial charge in [-0.2, -0.15) is 5.26 Å². The lowest BCUT2D eigenvalue weighted by Gasteiger charge is -2.33. The summed E-state index contributed by atoms with van der Waals surface area (Å²) in [7, 11) is 0. The van der Waals surface area contributed by atoms with Gasteiger partial charge in [-0.05, 0) is 31.9 Å². The smallest absolute Gasteiger partial charge is 0.236 e. The second-order valence-corrected chi connectivity index (χ2v) is 7.55. The summed E-state index contributed by atoms with van der Waals surface area (Å²) in [6, 6.07) is 4.78. The fourth-order valence-electron chi connectivity index (χ4n) is 3.56. The Hall–Kier alpha value is -3.25. The van der Waals surface area contributed by atoms with Crippen LogP contribution < -0.4 is 5.32 Å². The largest absolute Gasteiger partial charge is 0.365 e. The summed E-state index contributed by atoms with van der Waals surface area (Å²) in [4.78, 5) is 27.0. The average Bonchev–Trinajstić information content (AvgIpc) is 3.14. The van der Waals surface area contributed by atoms with Gasteiger partial charge in [-0.3, -0.25) is 9.20 Å². The maximum absolute atomic E-state index is 13.7. The Morgan fingerprint density at radius 1 is 1.43 bits per heavy atom. The summed E-state index contributed by atoms with van der Waals surface area (Å²) in [5, 5.41) is 12.4. The van der Waals surface area contributed by atoms with Gasteiger partial charge in [0, 0.05) is 30.9 Å². The number of imidazole rings is 1. The van der Waals surface area contributed by atoms with E-state index in [2.05, 4.69) is 20.3 Å². The van der Waals surface area contributed by atoms with E-state index in [9.17, 15) is 9.18 Å². The van der Waals surface area contributed by atoms with Crippen molar-refractivity contribution in [3.63, 3.8) is 0 Å². The van der Waals surface area contributed by atoms with Crippen molar-refractivity contribution in [1.29, 1.82) is 5.26 Å². The van der Waals surface area contributed by atoms with E-state index in [1.807, 2.05) is 13.0 Å². The van der Waals surface area contributed by atoms with Crippen LogP contribution in [0, 0.1) is 24.1 Å². The van der Waals surface area contributed by atoms with Gasteiger partial charge in [0.2, 0.25) is 5.91 Å². The molecule has 3 aromatic heterocycles. The zero-order valence-electron chi connectivity index (χ0n) is 16.3. The van der Waals surface area contributed by atoms with Crippen LogP contribution in [0.15, 0.2) is 24.5 Å². The van der Waals surface area contributed by atoms with E-state index in [0.29, 0.717) is 41.6 Å². The summed E-state index contributed by atoms with van der Waals surface area (Å²) < 4.78 is 15.3. The fraction of sp³-hybridized carbons (Fsp3) is 0.350. The third-order valence-corrected chi connectivity index (χ3v) is 5.50. The normalized spacial score (nSPS) is 16.5. The van der Waals surface area contributed by atoms with E-state index in [-0.39, 0.29) is 23.5 Å². The first-order valence-electron chi connectivity index (χ1n) is 9.54. The molecule has 1 amide bonds. The molecule has 0 aliphatic carbocycles. The predicted octanol–water partition coefficient (Wildman–Crippen LogP) is 3.21. The Balaban J connectivity index is 1.63. The second-order valence-electron chi connectivity index (χ2n) is 7.19. The molecule has 4 rings (SSSR count). The molecule has 0 bridgehead atoms. The van der Waals surface area contributed by atoms with E-state index < -0.39 is 5.82 Å². The highest BCUT2D eigenvalue weighted by atomic mass is 35.5. The molecule has 1 aliphatic rings. The van der Waals surface area contributed by atoms with Gasteiger partial charge in [-0.1, -0.05) is 11.6 Å². The predicted molar refractivity (Wildman–Crippen MR) is 109 cm³/mol. The molecule has 30 heavy (non-hydrogen) atoms. The first-order valence-corrected chi connectivity index (χ1v) is 9.92. The van der Waals surface area contributed by atoms with Crippen molar-refractivity contribution >= 4 is 29.0 Å². The molecule has 0 unspecified atom stereocenters. The Morgan fingerprint density at radius 2 is 2.27 bits per heavy atom. The number of anilines is 1. The summed E-state index contributed by atoms with van der Waals surface area (Å²) in [6.07, 6.45) is 4.45. The van der Waals surface area contributed by atoms with Gasteiger partial charge in [0.05, 0.1) is 12.3 Å². The number of fused-ring (bicyclic) bond motifs is 1. The molecule has 8 nitrogen and oxygen atoms in total. The molecule has 1 aliphatic heterocycles. The molecular weight excluding hydrogens is 409 g/mol. The third-order valence-electron chi connectivity index (χ3n) is 5.13. The molecule has 0 spiro atoms. The molecule has 3 aromatic rings. The molecular formula is C20H19ClFN7O. The van der Waals surface area contributed by atoms with Crippen LogP contribution in [0.1, 0.15) is 24.8 Å². The van der Waals surface area contributed by atoms with Crippen molar-refractivity contribution in [2.45, 2.75) is 32.2 Å². The molecule has 1 atom stereocenters. The summed E-state index contributed by atoms with van der Waals surface area (Å²) >= 11 is 6.36. The van der Waals surface area contributed by atoms with Gasteiger partial charge in [0.15, 0.2) is 5.82 Å². The molecule has 1 fully saturated rings. The Morgan fingerprint density at radius 3 is 3.07 bits per heavy atom. The lowest BCUT2D eigenvalue weighted by molar-refractivity contribution is -0.131. The van der Waals surface area contributed by atoms with Crippen LogP contribution >= 0.6 is 11.6 Å². The van der Waals surface area contributed by atoms with Crippen molar-refractivity contribution < 1.29 is 9.18 Å². The van der Waals surface area contributed by atoms with Crippen LogP contribution in [0.5, 0.6) is 0 Å². The molecule has 1 saturated heterocycles. The van der Waals surface area contributed by atoms with Crippen molar-refractivity contribution in [2.75, 3.05) is 18.4 Å². The number of hydrogen-bond donors (Lipinski definition) is 1. The zero-order chi connectivity index (χ0) is 21.3. The van der Waals surface area contributed by atoms with Crippen LogP contribution in [0.25, 0.3) is 17.2 Å². The van der Waals surface area contributed by atoms with Crippen LogP contribution in [-0.2, 0) is 4.79 Å². The van der Waals surface area contributed by atoms with E-state index in [1.54, 1.807) is 21.6 Å². The van der Waals surface area contributed by atoms with E-state index in [4.69, 9.17) is 16.9 Å². The van der Waals surface area contributed by atoms with E-state index >= 15 is 0 Å². The van der Waals surface area contributed by atoms with Crippen LogP contribution in [0.4, 0.5) is 10.2 Å². The number of nitrogens with one attached hydrogen (secondary N) is 1. The number of nitrogens with zero attached hydrogens (tertiary/aromatic N) is 6. The average molecular weight is 428 g/mol. The molecule has 0 saturated carbocycles. The van der Waals surface area contributed by atoms with E-state index in [0.717, 1.165) is 12.8 Å². The standard InChI is InChI=1S/C20H19ClFN7O/c1-12-18(21)26-20(15-9-24-16-5-4-13(22)10-29(15)16)27-19(12)25-14-3-2-8-28(11-14)17(30)6-7-23/h4-5,9-10,14H,2-3,6,8,11H2,1H3,(H,25,26,27)/t14-/m1/s1. The number of carbonyl (C=O) groups is 1. The maximum Gasteiger partial charge on any atom is 0.236 e. The maximum atomic E-state index is 13.7. The highest BCUT2D eigenvalue weighted by molar-refractivity contribution is 6.30. The number of rotatable bonds is 4. The Labute approximate surface area is 177 Å². The lowest BCUT2D eigenvalue weighted by atomic mass is 10.1. The SMILES string of the molecule is Cc1c(Cl)nc(-c2cnc3ccc(F)cn23)nc1N[C@@H]1CCCN(C(=O)CC#N)C1. The van der Waals surface area contributed by atoms with Crippen molar-refractivity contribution in [3.05, 3.63) is 41.1 Å². The van der Waals surface area contributed by atoms with Crippen LogP contribution in [-0.4, -0.2) is 49.3 Å². The Kier molecular flexibility index (Phi) is 5.50. The monoisotopic (exact) mass is 427 g/mol. The number of likely N-dealkylation sites (tertiary alicyclic amines) is 1. The first kappa shape index (κ1) is 20.0. The fourth-order valence-corrected chi connectivity index (χ4v) is 3.73. The van der Waals surface area contributed by atoms with Gasteiger partial charge in [0.25, 0.3) is 0 Å².